The maximum absolute atomic E-state index is 12.8. The zero-order valence-electron chi connectivity index (χ0n) is 21.8. The number of benzene rings is 3. The molecule has 0 aliphatic carbocycles. The second-order valence-corrected chi connectivity index (χ2v) is 9.10. The molecular weight excluding hydrogens is 468 g/mol. The second-order valence-electron chi connectivity index (χ2n) is 9.10. The van der Waals surface area contributed by atoms with Gasteiger partial charge in [-0.2, -0.15) is 0 Å². The van der Waals surface area contributed by atoms with E-state index in [0.29, 0.717) is 32.7 Å². The molecule has 0 aliphatic rings. The molecule has 0 amide bonds. The van der Waals surface area contributed by atoms with Gasteiger partial charge in [-0.25, -0.2) is 0 Å². The number of ether oxygens (including phenoxy) is 4. The highest BCUT2D eigenvalue weighted by Gasteiger charge is 2.18. The molecule has 0 spiro atoms. The molecule has 6 heteroatoms. The predicted molar refractivity (Wildman–Crippen MR) is 144 cm³/mol. The maximum Gasteiger partial charge on any atom is 0.138 e. The zero-order valence-corrected chi connectivity index (χ0v) is 21.8. The highest BCUT2D eigenvalue weighted by Crippen LogP contribution is 2.17. The van der Waals surface area contributed by atoms with E-state index in [0.717, 1.165) is 34.6 Å². The molecule has 6 nitrogen and oxygen atoms in total. The highest BCUT2D eigenvalue weighted by molar-refractivity contribution is 5.79. The molecule has 0 heterocycles. The van der Waals surface area contributed by atoms with Gasteiger partial charge in [0.15, 0.2) is 0 Å². The van der Waals surface area contributed by atoms with Crippen molar-refractivity contribution < 1.29 is 28.8 Å². The molecule has 0 bridgehead atoms. The number of aliphatic hydroxyl groups is 1. The van der Waals surface area contributed by atoms with E-state index in [4.69, 9.17) is 18.9 Å². The lowest BCUT2D eigenvalue weighted by Gasteiger charge is -2.19. The van der Waals surface area contributed by atoms with E-state index in [-0.39, 0.29) is 24.7 Å². The van der Waals surface area contributed by atoms with Crippen molar-refractivity contribution in [1.29, 1.82) is 0 Å². The summed E-state index contributed by atoms with van der Waals surface area (Å²) < 4.78 is 22.4. The largest absolute Gasteiger partial charge is 0.497 e. The van der Waals surface area contributed by atoms with Crippen molar-refractivity contribution in [3.8, 4) is 11.5 Å². The van der Waals surface area contributed by atoms with Crippen LogP contribution in [0.3, 0.4) is 0 Å². The van der Waals surface area contributed by atoms with Crippen LogP contribution in [0.15, 0.2) is 78.9 Å². The summed E-state index contributed by atoms with van der Waals surface area (Å²) in [6.07, 6.45) is 1.28. The van der Waals surface area contributed by atoms with E-state index in [1.807, 2.05) is 78.9 Å². The molecule has 0 saturated carbocycles. The van der Waals surface area contributed by atoms with E-state index in [2.05, 4.69) is 0 Å². The van der Waals surface area contributed by atoms with Crippen molar-refractivity contribution in [3.63, 3.8) is 0 Å². The molecule has 37 heavy (non-hydrogen) atoms. The van der Waals surface area contributed by atoms with Crippen molar-refractivity contribution >= 4 is 5.78 Å². The standard InChI is InChI=1S/C31H38O6/c1-34-29-14-9-25(10-15-29)22-36-19-18-31(37-23-26-11-16-30(35-2)17-12-26)21-28(33)20-27(32)13-8-24-6-4-3-5-7-24/h3-7,9-12,14-17,27,31-32H,8,13,18-23H2,1-2H3/t27-,31-/m1/s1. The fourth-order valence-corrected chi connectivity index (χ4v) is 3.99. The van der Waals surface area contributed by atoms with Crippen LogP contribution in [0.5, 0.6) is 11.5 Å². The van der Waals surface area contributed by atoms with Crippen molar-refractivity contribution in [1.82, 2.24) is 0 Å². The topological polar surface area (TPSA) is 74.2 Å². The molecule has 0 radical (unpaired) electrons. The van der Waals surface area contributed by atoms with Gasteiger partial charge in [-0.15, -0.1) is 0 Å². The molecule has 3 aromatic rings. The molecule has 198 valence electrons. The summed E-state index contributed by atoms with van der Waals surface area (Å²) in [5, 5.41) is 10.4. The molecule has 0 fully saturated rings. The summed E-state index contributed by atoms with van der Waals surface area (Å²) in [4.78, 5) is 12.8. The molecule has 3 aromatic carbocycles. The average Bonchev–Trinajstić information content (AvgIpc) is 2.94. The van der Waals surface area contributed by atoms with Gasteiger partial charge < -0.3 is 24.1 Å². The molecule has 1 N–H and O–H groups in total. The van der Waals surface area contributed by atoms with Crippen molar-refractivity contribution in [2.24, 2.45) is 0 Å². The van der Waals surface area contributed by atoms with Gasteiger partial charge in [-0.1, -0.05) is 54.6 Å². The zero-order chi connectivity index (χ0) is 26.3. The van der Waals surface area contributed by atoms with E-state index in [1.54, 1.807) is 14.2 Å². The molecule has 2 atom stereocenters. The first kappa shape index (κ1) is 28.4. The Labute approximate surface area is 220 Å². The Morgan fingerprint density at radius 1 is 0.730 bits per heavy atom. The number of aliphatic hydroxyl groups excluding tert-OH is 1. The third-order valence-electron chi connectivity index (χ3n) is 6.18. The van der Waals surface area contributed by atoms with Gasteiger partial charge >= 0.3 is 0 Å². The van der Waals surface area contributed by atoms with Gasteiger partial charge in [0, 0.05) is 19.4 Å². The Bertz CT molecular complexity index is 1030. The SMILES string of the molecule is COc1ccc(COCC[C@H](CC(=O)C[C@H](O)CCc2ccccc2)OCc2ccc(OC)cc2)cc1. The molecule has 0 unspecified atom stereocenters. The van der Waals surface area contributed by atoms with Crippen molar-refractivity contribution in [2.75, 3.05) is 20.8 Å². The Hall–Kier alpha value is -3.19. The normalized spacial score (nSPS) is 12.6. The molecule has 0 saturated heterocycles. The van der Waals surface area contributed by atoms with E-state index >= 15 is 0 Å². The lowest BCUT2D eigenvalue weighted by molar-refractivity contribution is -0.124. The minimum Gasteiger partial charge on any atom is -0.497 e. The fourth-order valence-electron chi connectivity index (χ4n) is 3.99. The first-order valence-corrected chi connectivity index (χ1v) is 12.7. The number of methoxy groups -OCH3 is 2. The summed E-state index contributed by atoms with van der Waals surface area (Å²) in [6, 6.07) is 25.4. The average molecular weight is 507 g/mol. The Morgan fingerprint density at radius 3 is 1.92 bits per heavy atom. The minimum absolute atomic E-state index is 0.00422. The predicted octanol–water partition coefficient (Wildman–Crippen LogP) is 5.54. The minimum atomic E-state index is -0.665. The highest BCUT2D eigenvalue weighted by atomic mass is 16.5. The van der Waals surface area contributed by atoms with Crippen LogP contribution in [0, 0.1) is 0 Å². The maximum atomic E-state index is 12.8. The number of carbonyl (C=O) groups is 1. The third-order valence-corrected chi connectivity index (χ3v) is 6.18. The van der Waals surface area contributed by atoms with Gasteiger partial charge in [0.1, 0.15) is 17.3 Å². The first-order valence-electron chi connectivity index (χ1n) is 12.7. The smallest absolute Gasteiger partial charge is 0.138 e. The Morgan fingerprint density at radius 2 is 1.32 bits per heavy atom. The number of hydrogen-bond acceptors (Lipinski definition) is 6. The van der Waals surface area contributed by atoms with E-state index in [9.17, 15) is 9.90 Å². The summed E-state index contributed by atoms with van der Waals surface area (Å²) in [5.74, 6) is 1.59. The number of aryl methyl sites for hydroxylation is 1. The van der Waals surface area contributed by atoms with Gasteiger partial charge in [0.05, 0.1) is 39.6 Å². The van der Waals surface area contributed by atoms with Gasteiger partial charge in [0.2, 0.25) is 0 Å². The van der Waals surface area contributed by atoms with Crippen molar-refractivity contribution in [2.45, 2.75) is 57.5 Å². The van der Waals surface area contributed by atoms with Crippen LogP contribution in [-0.2, 0) is 33.9 Å². The number of hydrogen-bond donors (Lipinski definition) is 1. The van der Waals surface area contributed by atoms with Gasteiger partial charge in [-0.05, 0) is 60.2 Å². The summed E-state index contributed by atoms with van der Waals surface area (Å²) in [7, 11) is 3.27. The number of carbonyl (C=O) groups excluding carboxylic acids is 1. The van der Waals surface area contributed by atoms with Gasteiger partial charge in [-0.3, -0.25) is 4.79 Å². The van der Waals surface area contributed by atoms with Crippen LogP contribution < -0.4 is 9.47 Å². The van der Waals surface area contributed by atoms with Crippen molar-refractivity contribution in [3.05, 3.63) is 95.6 Å². The summed E-state index contributed by atoms with van der Waals surface area (Å²) in [6.45, 7) is 1.32. The van der Waals surface area contributed by atoms with Crippen LogP contribution in [0.25, 0.3) is 0 Å². The summed E-state index contributed by atoms with van der Waals surface area (Å²) in [5.41, 5.74) is 3.21. The van der Waals surface area contributed by atoms with Crippen LogP contribution in [0.4, 0.5) is 0 Å². The van der Waals surface area contributed by atoms with Crippen LogP contribution in [-0.4, -0.2) is 43.9 Å². The van der Waals surface area contributed by atoms with Gasteiger partial charge in [0.25, 0.3) is 0 Å². The van der Waals surface area contributed by atoms with E-state index < -0.39 is 6.10 Å². The van der Waals surface area contributed by atoms with Crippen LogP contribution in [0.2, 0.25) is 0 Å². The molecule has 0 aromatic heterocycles. The quantitative estimate of drug-likeness (QED) is 0.242. The number of Topliss-reactive ketones (excluding diaryl/α,β-unsaturated/α-hetero) is 1. The van der Waals surface area contributed by atoms with Crippen LogP contribution in [0.1, 0.15) is 42.4 Å². The van der Waals surface area contributed by atoms with E-state index in [1.165, 1.54) is 0 Å². The fraction of sp³-hybridized carbons (Fsp3) is 0.387. The summed E-state index contributed by atoms with van der Waals surface area (Å²) >= 11 is 0. The lowest BCUT2D eigenvalue weighted by atomic mass is 10.0. The van der Waals surface area contributed by atoms with Crippen LogP contribution >= 0.6 is 0 Å². The Kier molecular flexibility index (Phi) is 12.1. The molecule has 3 rings (SSSR count). The monoisotopic (exact) mass is 506 g/mol. The second kappa shape index (κ2) is 15.8. The lowest BCUT2D eigenvalue weighted by Crippen LogP contribution is -2.23. The molecule has 0 aliphatic heterocycles. The number of rotatable bonds is 17. The first-order chi connectivity index (χ1) is 18.1. The molecular formula is C31H38O6. The Balaban J connectivity index is 1.48. The number of ketones is 1. The third kappa shape index (κ3) is 10.8.